The first kappa shape index (κ1) is 18.1. The third kappa shape index (κ3) is 4.00. The molecule has 1 atom stereocenters. The predicted molar refractivity (Wildman–Crippen MR) is 102 cm³/mol. The number of tetrazole rings is 1. The van der Waals surface area contributed by atoms with Crippen molar-refractivity contribution in [2.45, 2.75) is 12.5 Å². The second kappa shape index (κ2) is 8.16. The van der Waals surface area contributed by atoms with Crippen LogP contribution in [0.5, 0.6) is 0 Å². The van der Waals surface area contributed by atoms with E-state index in [-0.39, 0.29) is 11.7 Å². The normalized spacial score (nSPS) is 15.5. The molecule has 1 fully saturated rings. The van der Waals surface area contributed by atoms with E-state index in [1.165, 1.54) is 23.1 Å². The molecule has 1 amide bonds. The summed E-state index contributed by atoms with van der Waals surface area (Å²) in [5, 5.41) is 11.3. The summed E-state index contributed by atoms with van der Waals surface area (Å²) >= 11 is 0. The van der Waals surface area contributed by atoms with Gasteiger partial charge in [0.25, 0.3) is 0 Å². The SMILES string of the molecule is O=C([C@H](Cc1ccccc1)n1cnnn1)N1CCN(c2ccc(F)cc2)CC1. The Balaban J connectivity index is 1.45. The zero-order valence-corrected chi connectivity index (χ0v) is 15.4. The summed E-state index contributed by atoms with van der Waals surface area (Å²) in [7, 11) is 0. The molecule has 2 aromatic carbocycles. The van der Waals surface area contributed by atoms with E-state index in [9.17, 15) is 9.18 Å². The molecule has 1 aliphatic rings. The van der Waals surface area contributed by atoms with Gasteiger partial charge in [-0.25, -0.2) is 9.07 Å². The molecule has 1 saturated heterocycles. The average Bonchev–Trinajstić information content (AvgIpc) is 3.28. The Hall–Kier alpha value is -3.29. The van der Waals surface area contributed by atoms with Crippen LogP contribution in [-0.4, -0.2) is 57.2 Å². The largest absolute Gasteiger partial charge is 0.368 e. The highest BCUT2D eigenvalue weighted by atomic mass is 19.1. The first-order valence-corrected chi connectivity index (χ1v) is 9.26. The molecule has 4 rings (SSSR count). The number of amides is 1. The van der Waals surface area contributed by atoms with E-state index in [2.05, 4.69) is 20.4 Å². The lowest BCUT2D eigenvalue weighted by Gasteiger charge is -2.37. The summed E-state index contributed by atoms with van der Waals surface area (Å²) in [5.74, 6) is -0.238. The van der Waals surface area contributed by atoms with Gasteiger partial charge in [0.05, 0.1) is 0 Å². The van der Waals surface area contributed by atoms with Gasteiger partial charge in [-0.05, 0) is 40.3 Å². The maximum Gasteiger partial charge on any atom is 0.248 e. The van der Waals surface area contributed by atoms with Crippen molar-refractivity contribution in [3.63, 3.8) is 0 Å². The fraction of sp³-hybridized carbons (Fsp3) is 0.300. The van der Waals surface area contributed by atoms with Crippen LogP contribution in [0, 0.1) is 5.82 Å². The maximum atomic E-state index is 13.2. The van der Waals surface area contributed by atoms with Gasteiger partial charge in [0.15, 0.2) is 0 Å². The highest BCUT2D eigenvalue weighted by molar-refractivity contribution is 5.81. The minimum absolute atomic E-state index is 0.00918. The third-order valence-corrected chi connectivity index (χ3v) is 5.02. The van der Waals surface area contributed by atoms with Crippen molar-refractivity contribution in [2.75, 3.05) is 31.1 Å². The number of nitrogens with zero attached hydrogens (tertiary/aromatic N) is 6. The number of rotatable bonds is 5. The van der Waals surface area contributed by atoms with Gasteiger partial charge in [0, 0.05) is 38.3 Å². The Morgan fingerprint density at radius 1 is 1.00 bits per heavy atom. The highest BCUT2D eigenvalue weighted by Crippen LogP contribution is 2.20. The minimum atomic E-state index is -0.477. The van der Waals surface area contributed by atoms with Crippen molar-refractivity contribution in [2.24, 2.45) is 0 Å². The van der Waals surface area contributed by atoms with Crippen molar-refractivity contribution in [3.05, 3.63) is 72.3 Å². The van der Waals surface area contributed by atoms with Crippen molar-refractivity contribution in [1.82, 2.24) is 25.1 Å². The summed E-state index contributed by atoms with van der Waals surface area (Å²) in [4.78, 5) is 17.2. The van der Waals surface area contributed by atoms with Crippen LogP contribution in [0.3, 0.4) is 0 Å². The topological polar surface area (TPSA) is 67.2 Å². The van der Waals surface area contributed by atoms with E-state index >= 15 is 0 Å². The zero-order chi connectivity index (χ0) is 19.3. The quantitative estimate of drug-likeness (QED) is 0.677. The van der Waals surface area contributed by atoms with E-state index in [1.54, 1.807) is 12.1 Å². The molecule has 7 nitrogen and oxygen atoms in total. The molecule has 0 aliphatic carbocycles. The van der Waals surface area contributed by atoms with Gasteiger partial charge in [-0.15, -0.1) is 5.10 Å². The monoisotopic (exact) mass is 380 g/mol. The lowest BCUT2D eigenvalue weighted by atomic mass is 10.0. The van der Waals surface area contributed by atoms with Crippen molar-refractivity contribution in [1.29, 1.82) is 0 Å². The first-order valence-electron chi connectivity index (χ1n) is 9.26. The van der Waals surface area contributed by atoms with Gasteiger partial charge in [0.1, 0.15) is 18.2 Å². The molecular formula is C20H21FN6O. The van der Waals surface area contributed by atoms with Gasteiger partial charge >= 0.3 is 0 Å². The number of carbonyl (C=O) groups is 1. The van der Waals surface area contributed by atoms with Crippen molar-refractivity contribution < 1.29 is 9.18 Å². The fourth-order valence-electron chi connectivity index (χ4n) is 3.49. The lowest BCUT2D eigenvalue weighted by molar-refractivity contribution is -0.135. The van der Waals surface area contributed by atoms with Gasteiger partial charge in [0.2, 0.25) is 5.91 Å². The van der Waals surface area contributed by atoms with E-state index in [1.807, 2.05) is 35.2 Å². The van der Waals surface area contributed by atoms with Crippen LogP contribution in [-0.2, 0) is 11.2 Å². The van der Waals surface area contributed by atoms with Crippen molar-refractivity contribution >= 4 is 11.6 Å². The molecule has 8 heteroatoms. The predicted octanol–water partition coefficient (Wildman–Crippen LogP) is 1.94. The first-order chi connectivity index (χ1) is 13.7. The Morgan fingerprint density at radius 2 is 1.71 bits per heavy atom. The Labute approximate surface area is 162 Å². The molecule has 0 saturated carbocycles. The van der Waals surface area contributed by atoms with Gasteiger partial charge in [-0.2, -0.15) is 0 Å². The van der Waals surface area contributed by atoms with Gasteiger partial charge < -0.3 is 9.80 Å². The number of piperazine rings is 1. The number of anilines is 1. The standard InChI is InChI=1S/C20H21FN6O/c21-17-6-8-18(9-7-17)25-10-12-26(13-11-25)20(28)19(27-15-22-23-24-27)14-16-4-2-1-3-5-16/h1-9,15,19H,10-14H2/t19-/m0/s1. The number of aromatic nitrogens is 4. The smallest absolute Gasteiger partial charge is 0.248 e. The average molecular weight is 380 g/mol. The highest BCUT2D eigenvalue weighted by Gasteiger charge is 2.29. The molecule has 1 aromatic heterocycles. The van der Waals surface area contributed by atoms with Crippen LogP contribution in [0.25, 0.3) is 0 Å². The molecule has 2 heterocycles. The van der Waals surface area contributed by atoms with E-state index in [4.69, 9.17) is 0 Å². The van der Waals surface area contributed by atoms with Crippen LogP contribution < -0.4 is 4.90 Å². The zero-order valence-electron chi connectivity index (χ0n) is 15.4. The van der Waals surface area contributed by atoms with E-state index in [0.717, 1.165) is 11.3 Å². The van der Waals surface area contributed by atoms with Gasteiger partial charge in [-0.3, -0.25) is 4.79 Å². The Bertz CT molecular complexity index is 892. The van der Waals surface area contributed by atoms with Crippen LogP contribution in [0.15, 0.2) is 60.9 Å². The van der Waals surface area contributed by atoms with Gasteiger partial charge in [-0.1, -0.05) is 30.3 Å². The summed E-state index contributed by atoms with van der Waals surface area (Å²) in [6, 6.07) is 15.8. The number of halogens is 1. The molecule has 0 unspecified atom stereocenters. The number of benzene rings is 2. The number of hydrogen-bond donors (Lipinski definition) is 0. The molecule has 0 radical (unpaired) electrons. The summed E-state index contributed by atoms with van der Waals surface area (Å²) in [5.41, 5.74) is 2.02. The Morgan fingerprint density at radius 3 is 2.36 bits per heavy atom. The molecule has 0 spiro atoms. The van der Waals surface area contributed by atoms with Crippen LogP contribution >= 0.6 is 0 Å². The fourth-order valence-corrected chi connectivity index (χ4v) is 3.49. The van der Waals surface area contributed by atoms with Crippen LogP contribution in [0.2, 0.25) is 0 Å². The number of carbonyl (C=O) groups excluding carboxylic acids is 1. The van der Waals surface area contributed by atoms with Crippen LogP contribution in [0.4, 0.5) is 10.1 Å². The number of hydrogen-bond acceptors (Lipinski definition) is 5. The molecule has 28 heavy (non-hydrogen) atoms. The van der Waals surface area contributed by atoms with Crippen LogP contribution in [0.1, 0.15) is 11.6 Å². The van der Waals surface area contributed by atoms with Crippen molar-refractivity contribution in [3.8, 4) is 0 Å². The molecule has 0 bridgehead atoms. The Kier molecular flexibility index (Phi) is 5.27. The molecule has 144 valence electrons. The molecule has 3 aromatic rings. The van der Waals surface area contributed by atoms with E-state index < -0.39 is 6.04 Å². The molecule has 0 N–H and O–H groups in total. The second-order valence-corrected chi connectivity index (χ2v) is 6.78. The molecule has 1 aliphatic heterocycles. The third-order valence-electron chi connectivity index (χ3n) is 5.02. The maximum absolute atomic E-state index is 13.2. The minimum Gasteiger partial charge on any atom is -0.368 e. The summed E-state index contributed by atoms with van der Waals surface area (Å²) < 4.78 is 14.7. The summed E-state index contributed by atoms with van der Waals surface area (Å²) in [6.45, 7) is 2.60. The summed E-state index contributed by atoms with van der Waals surface area (Å²) in [6.07, 6.45) is 2.02. The van der Waals surface area contributed by atoms with E-state index in [0.29, 0.717) is 32.6 Å². The molecular weight excluding hydrogens is 359 g/mol. The second-order valence-electron chi connectivity index (χ2n) is 6.78. The lowest BCUT2D eigenvalue weighted by Crippen LogP contribution is -2.51.